The maximum Gasteiger partial charge on any atom is 0.428 e. The lowest BCUT2D eigenvalue weighted by Gasteiger charge is -2.25. The highest BCUT2D eigenvalue weighted by Gasteiger charge is 2.30. The van der Waals surface area contributed by atoms with Gasteiger partial charge in [0.1, 0.15) is 5.15 Å². The number of aromatic nitrogens is 2. The molecule has 0 radical (unpaired) electrons. The van der Waals surface area contributed by atoms with Gasteiger partial charge in [-0.05, 0) is 25.8 Å². The highest BCUT2D eigenvalue weighted by molar-refractivity contribution is 6.31. The Hall–Kier alpha value is -2.02. The Balaban J connectivity index is 2.07. The van der Waals surface area contributed by atoms with Gasteiger partial charge in [-0.1, -0.05) is 18.5 Å². The van der Waals surface area contributed by atoms with Crippen LogP contribution in [0.25, 0.3) is 6.08 Å². The average molecular weight is 341 g/mol. The minimum absolute atomic E-state index is 0.282. The molecule has 126 valence electrons. The van der Waals surface area contributed by atoms with Crippen LogP contribution >= 0.6 is 11.6 Å². The van der Waals surface area contributed by atoms with Gasteiger partial charge in [-0.3, -0.25) is 9.48 Å². The quantitative estimate of drug-likeness (QED) is 0.789. The lowest BCUT2D eigenvalue weighted by molar-refractivity contribution is -0.136. The maximum absolute atomic E-state index is 12.4. The summed E-state index contributed by atoms with van der Waals surface area (Å²) in [6.45, 7) is 5.06. The number of nitrogens with zero attached hydrogens (tertiary/aromatic N) is 4. The topological polar surface area (TPSA) is 67.7 Å². The molecule has 1 aliphatic rings. The first kappa shape index (κ1) is 17.3. The van der Waals surface area contributed by atoms with Gasteiger partial charge in [0.05, 0.1) is 12.3 Å². The number of carbonyl (C=O) groups is 2. The van der Waals surface area contributed by atoms with Crippen LogP contribution in [0.4, 0.5) is 4.79 Å². The molecule has 0 aliphatic carbocycles. The molecule has 2 rings (SSSR count). The molecule has 2 heterocycles. The predicted molar refractivity (Wildman–Crippen MR) is 86.7 cm³/mol. The number of halogens is 1. The zero-order valence-electron chi connectivity index (χ0n) is 13.6. The molecule has 0 saturated carbocycles. The second-order valence-corrected chi connectivity index (χ2v) is 5.66. The van der Waals surface area contributed by atoms with Crippen LogP contribution in [0.5, 0.6) is 0 Å². The number of hydrogen-bond donors (Lipinski definition) is 0. The molecule has 2 amide bonds. The Bertz CT molecular complexity index is 626. The van der Waals surface area contributed by atoms with E-state index < -0.39 is 6.09 Å². The van der Waals surface area contributed by atoms with Gasteiger partial charge in [0.25, 0.3) is 5.91 Å². The van der Waals surface area contributed by atoms with Gasteiger partial charge in [-0.2, -0.15) is 5.10 Å². The van der Waals surface area contributed by atoms with Crippen molar-refractivity contribution in [1.82, 2.24) is 19.8 Å². The van der Waals surface area contributed by atoms with Crippen LogP contribution in [0.2, 0.25) is 5.15 Å². The van der Waals surface area contributed by atoms with Crippen LogP contribution in [0.3, 0.4) is 0 Å². The minimum Gasteiger partial charge on any atom is -0.448 e. The summed E-state index contributed by atoms with van der Waals surface area (Å²) in [5.74, 6) is -0.282. The molecule has 23 heavy (non-hydrogen) atoms. The average Bonchev–Trinajstić information content (AvgIpc) is 3.09. The molecule has 7 nitrogen and oxygen atoms in total. The van der Waals surface area contributed by atoms with E-state index in [1.165, 1.54) is 16.1 Å². The van der Waals surface area contributed by atoms with Crippen molar-refractivity contribution >= 4 is 29.7 Å². The number of rotatable bonds is 4. The number of ether oxygens (including phenoxy) is 1. The number of amides is 2. The Morgan fingerprint density at radius 3 is 2.65 bits per heavy atom. The summed E-state index contributed by atoms with van der Waals surface area (Å²) < 4.78 is 6.64. The molecule has 1 fully saturated rings. The Labute approximate surface area is 140 Å². The van der Waals surface area contributed by atoms with Crippen LogP contribution in [0, 0.1) is 6.92 Å². The lowest BCUT2D eigenvalue weighted by Crippen LogP contribution is -2.44. The monoisotopic (exact) mass is 340 g/mol. The molecule has 0 N–H and O–H groups in total. The fourth-order valence-electron chi connectivity index (χ4n) is 2.37. The molecule has 0 aromatic carbocycles. The standard InChI is InChI=1S/C15H21ClN4O3/c1-4-10-23-15(22)20-9-5-8-19(20)13(21)7-6-12-11(2)17-18(3)14(12)16/h6-7H,4-5,8-10H2,1-3H3. The van der Waals surface area contributed by atoms with E-state index in [0.29, 0.717) is 30.4 Å². The van der Waals surface area contributed by atoms with Gasteiger partial charge in [0.15, 0.2) is 0 Å². The summed E-state index contributed by atoms with van der Waals surface area (Å²) in [6.07, 6.45) is 4.02. The molecule has 1 aromatic heterocycles. The number of carbonyl (C=O) groups excluding carboxylic acids is 2. The van der Waals surface area contributed by atoms with E-state index in [1.54, 1.807) is 17.8 Å². The van der Waals surface area contributed by atoms with Crippen molar-refractivity contribution in [3.63, 3.8) is 0 Å². The highest BCUT2D eigenvalue weighted by atomic mass is 35.5. The Morgan fingerprint density at radius 1 is 1.35 bits per heavy atom. The minimum atomic E-state index is -0.485. The molecule has 1 saturated heterocycles. The van der Waals surface area contributed by atoms with Gasteiger partial charge in [0, 0.05) is 31.8 Å². The SMILES string of the molecule is CCCOC(=O)N1CCCN1C(=O)C=Cc1c(C)nn(C)c1Cl. The van der Waals surface area contributed by atoms with Gasteiger partial charge >= 0.3 is 6.09 Å². The van der Waals surface area contributed by atoms with Crippen molar-refractivity contribution in [2.24, 2.45) is 7.05 Å². The van der Waals surface area contributed by atoms with Crippen LogP contribution in [-0.4, -0.2) is 51.5 Å². The van der Waals surface area contributed by atoms with E-state index in [2.05, 4.69) is 5.10 Å². The lowest BCUT2D eigenvalue weighted by atomic mass is 10.2. The molecule has 1 aromatic rings. The summed E-state index contributed by atoms with van der Waals surface area (Å²) >= 11 is 6.13. The summed E-state index contributed by atoms with van der Waals surface area (Å²) in [4.78, 5) is 24.3. The third kappa shape index (κ3) is 3.85. The summed E-state index contributed by atoms with van der Waals surface area (Å²) in [7, 11) is 1.74. The van der Waals surface area contributed by atoms with Crippen molar-refractivity contribution in [1.29, 1.82) is 0 Å². The van der Waals surface area contributed by atoms with Crippen molar-refractivity contribution in [2.45, 2.75) is 26.7 Å². The predicted octanol–water partition coefficient (Wildman–Crippen LogP) is 2.39. The van der Waals surface area contributed by atoms with Crippen molar-refractivity contribution in [3.8, 4) is 0 Å². The Morgan fingerprint density at radius 2 is 2.04 bits per heavy atom. The first-order chi connectivity index (χ1) is 11.0. The molecule has 1 aliphatic heterocycles. The third-order valence-corrected chi connectivity index (χ3v) is 3.96. The number of hydrogen-bond acceptors (Lipinski definition) is 4. The van der Waals surface area contributed by atoms with Crippen LogP contribution in [0.15, 0.2) is 6.08 Å². The number of hydrazine groups is 1. The molecule has 0 bridgehead atoms. The molecular formula is C15H21ClN4O3. The first-order valence-corrected chi connectivity index (χ1v) is 7.96. The van der Waals surface area contributed by atoms with Gasteiger partial charge in [-0.25, -0.2) is 14.8 Å². The second kappa shape index (κ2) is 7.50. The van der Waals surface area contributed by atoms with E-state index in [0.717, 1.165) is 18.5 Å². The second-order valence-electron chi connectivity index (χ2n) is 5.30. The molecule has 0 unspecified atom stereocenters. The van der Waals surface area contributed by atoms with Gasteiger partial charge in [0.2, 0.25) is 0 Å². The van der Waals surface area contributed by atoms with E-state index in [9.17, 15) is 9.59 Å². The smallest absolute Gasteiger partial charge is 0.428 e. The maximum atomic E-state index is 12.4. The van der Waals surface area contributed by atoms with E-state index in [-0.39, 0.29) is 5.91 Å². The van der Waals surface area contributed by atoms with Crippen molar-refractivity contribution in [2.75, 3.05) is 19.7 Å². The summed E-state index contributed by atoms with van der Waals surface area (Å²) in [5.41, 5.74) is 1.43. The number of aryl methyl sites for hydroxylation is 2. The highest BCUT2D eigenvalue weighted by Crippen LogP contribution is 2.20. The van der Waals surface area contributed by atoms with Gasteiger partial charge in [-0.15, -0.1) is 0 Å². The fourth-order valence-corrected chi connectivity index (χ4v) is 2.61. The summed E-state index contributed by atoms with van der Waals surface area (Å²) in [5, 5.41) is 7.40. The normalized spacial score (nSPS) is 14.8. The summed E-state index contributed by atoms with van der Waals surface area (Å²) in [6, 6.07) is 0. The molecular weight excluding hydrogens is 320 g/mol. The van der Waals surface area contributed by atoms with Crippen LogP contribution in [-0.2, 0) is 16.6 Å². The van der Waals surface area contributed by atoms with Gasteiger partial charge < -0.3 is 4.74 Å². The van der Waals surface area contributed by atoms with Crippen LogP contribution < -0.4 is 0 Å². The fraction of sp³-hybridized carbons (Fsp3) is 0.533. The molecule has 8 heteroatoms. The third-order valence-electron chi connectivity index (χ3n) is 3.51. The Kier molecular flexibility index (Phi) is 5.65. The largest absolute Gasteiger partial charge is 0.448 e. The van der Waals surface area contributed by atoms with E-state index >= 15 is 0 Å². The van der Waals surface area contributed by atoms with Crippen molar-refractivity contribution in [3.05, 3.63) is 22.5 Å². The zero-order valence-corrected chi connectivity index (χ0v) is 14.3. The van der Waals surface area contributed by atoms with E-state index in [4.69, 9.17) is 16.3 Å². The van der Waals surface area contributed by atoms with E-state index in [1.807, 2.05) is 13.8 Å². The van der Waals surface area contributed by atoms with Crippen molar-refractivity contribution < 1.29 is 14.3 Å². The molecule has 0 atom stereocenters. The van der Waals surface area contributed by atoms with Crippen LogP contribution in [0.1, 0.15) is 31.0 Å². The zero-order chi connectivity index (χ0) is 17.0. The molecule has 0 spiro atoms. The first-order valence-electron chi connectivity index (χ1n) is 7.58.